The summed E-state index contributed by atoms with van der Waals surface area (Å²) in [5, 5.41) is 3.15. The molecule has 1 amide bonds. The maximum Gasteiger partial charge on any atom is 0.240 e. The molecule has 1 aromatic carbocycles. The van der Waals surface area contributed by atoms with E-state index in [4.69, 9.17) is 0 Å². The summed E-state index contributed by atoms with van der Waals surface area (Å²) in [5.41, 5.74) is 2.31. The number of allylic oxidation sites excluding steroid dienone is 1. The number of amides is 1. The standard InChI is InChI=1S/C22H33N3O3S/c1-17(2)11-14-25-15-12-19(13-16-25)23-22(26)10-5-18-3-8-21(9-4-18)29(27,28)24-20-6-7-20/h3-4,8-9,11,19-20,24H,5-7,10,12-16H2,1-2H3,(H,23,26). The summed E-state index contributed by atoms with van der Waals surface area (Å²) in [5.74, 6) is 0.0693. The van der Waals surface area contributed by atoms with Crippen molar-refractivity contribution in [1.82, 2.24) is 14.9 Å². The van der Waals surface area contributed by atoms with Gasteiger partial charge in [-0.3, -0.25) is 9.69 Å². The molecule has 1 heterocycles. The van der Waals surface area contributed by atoms with Gasteiger partial charge in [0.1, 0.15) is 0 Å². The van der Waals surface area contributed by atoms with Gasteiger partial charge in [0.2, 0.25) is 15.9 Å². The van der Waals surface area contributed by atoms with Crippen molar-refractivity contribution in [1.29, 1.82) is 0 Å². The molecule has 29 heavy (non-hydrogen) atoms. The average molecular weight is 420 g/mol. The summed E-state index contributed by atoms with van der Waals surface area (Å²) < 4.78 is 27.1. The first kappa shape index (κ1) is 22.0. The Kier molecular flexibility index (Phi) is 7.49. The van der Waals surface area contributed by atoms with Crippen LogP contribution in [0.25, 0.3) is 0 Å². The summed E-state index contributed by atoms with van der Waals surface area (Å²) >= 11 is 0. The van der Waals surface area contributed by atoms with E-state index >= 15 is 0 Å². The Morgan fingerprint density at radius 1 is 1.07 bits per heavy atom. The minimum absolute atomic E-state index is 0.0693. The number of sulfonamides is 1. The van der Waals surface area contributed by atoms with Gasteiger partial charge in [0.05, 0.1) is 4.90 Å². The fourth-order valence-corrected chi connectivity index (χ4v) is 4.76. The van der Waals surface area contributed by atoms with E-state index in [0.717, 1.165) is 50.9 Å². The molecule has 3 rings (SSSR count). The van der Waals surface area contributed by atoms with Crippen LogP contribution in [0.5, 0.6) is 0 Å². The van der Waals surface area contributed by atoms with E-state index in [2.05, 4.69) is 34.9 Å². The van der Waals surface area contributed by atoms with E-state index in [9.17, 15) is 13.2 Å². The Balaban J connectivity index is 1.39. The van der Waals surface area contributed by atoms with Gasteiger partial charge < -0.3 is 5.32 Å². The minimum atomic E-state index is -3.41. The third-order valence-electron chi connectivity index (χ3n) is 5.48. The highest BCUT2D eigenvalue weighted by Gasteiger charge is 2.27. The highest BCUT2D eigenvalue weighted by Crippen LogP contribution is 2.22. The predicted octanol–water partition coefficient (Wildman–Crippen LogP) is 2.61. The fourth-order valence-electron chi connectivity index (χ4n) is 3.45. The van der Waals surface area contributed by atoms with Crippen LogP contribution in [0.2, 0.25) is 0 Å². The van der Waals surface area contributed by atoms with Gasteiger partial charge in [0.15, 0.2) is 0 Å². The number of piperidine rings is 1. The molecule has 0 unspecified atom stereocenters. The molecule has 1 aliphatic carbocycles. The number of rotatable bonds is 9. The maximum absolute atomic E-state index is 12.3. The van der Waals surface area contributed by atoms with E-state index in [1.54, 1.807) is 24.3 Å². The predicted molar refractivity (Wildman–Crippen MR) is 115 cm³/mol. The zero-order valence-corrected chi connectivity index (χ0v) is 18.3. The van der Waals surface area contributed by atoms with Gasteiger partial charge in [-0.2, -0.15) is 0 Å². The van der Waals surface area contributed by atoms with Crippen molar-refractivity contribution >= 4 is 15.9 Å². The number of hydrogen-bond donors (Lipinski definition) is 2. The number of hydrogen-bond acceptors (Lipinski definition) is 4. The van der Waals surface area contributed by atoms with Crippen LogP contribution >= 0.6 is 0 Å². The molecule has 1 aromatic rings. The number of carbonyl (C=O) groups is 1. The van der Waals surface area contributed by atoms with Crippen molar-refractivity contribution in [3.8, 4) is 0 Å². The Bertz CT molecular complexity index is 817. The van der Waals surface area contributed by atoms with Crippen LogP contribution < -0.4 is 10.0 Å². The second kappa shape index (κ2) is 9.87. The molecular formula is C22H33N3O3S. The molecule has 160 valence electrons. The van der Waals surface area contributed by atoms with Crippen molar-refractivity contribution in [2.24, 2.45) is 0 Å². The van der Waals surface area contributed by atoms with Crippen LogP contribution in [0, 0.1) is 0 Å². The third kappa shape index (κ3) is 7.24. The Hall–Kier alpha value is -1.70. The van der Waals surface area contributed by atoms with Crippen molar-refractivity contribution in [2.45, 2.75) is 69.4 Å². The van der Waals surface area contributed by atoms with E-state index in [1.807, 2.05) is 0 Å². The lowest BCUT2D eigenvalue weighted by Gasteiger charge is -2.31. The number of nitrogens with one attached hydrogen (secondary N) is 2. The smallest absolute Gasteiger partial charge is 0.240 e. The monoisotopic (exact) mass is 419 g/mol. The fraction of sp³-hybridized carbons (Fsp3) is 0.591. The Morgan fingerprint density at radius 3 is 2.31 bits per heavy atom. The van der Waals surface area contributed by atoms with E-state index in [0.29, 0.717) is 12.8 Å². The lowest BCUT2D eigenvalue weighted by molar-refractivity contribution is -0.122. The molecule has 2 N–H and O–H groups in total. The lowest BCUT2D eigenvalue weighted by atomic mass is 10.0. The molecule has 1 saturated heterocycles. The number of benzene rings is 1. The molecule has 0 atom stereocenters. The van der Waals surface area contributed by atoms with Crippen LogP contribution in [0.15, 0.2) is 40.8 Å². The van der Waals surface area contributed by atoms with Gasteiger partial charge in [-0.15, -0.1) is 0 Å². The van der Waals surface area contributed by atoms with Crippen LogP contribution in [0.1, 0.15) is 51.5 Å². The van der Waals surface area contributed by atoms with Crippen LogP contribution in [0.4, 0.5) is 0 Å². The van der Waals surface area contributed by atoms with E-state index < -0.39 is 10.0 Å². The highest BCUT2D eigenvalue weighted by atomic mass is 32.2. The number of likely N-dealkylation sites (tertiary alicyclic amines) is 1. The average Bonchev–Trinajstić information content (AvgIpc) is 3.49. The molecule has 6 nitrogen and oxygen atoms in total. The molecule has 2 fully saturated rings. The van der Waals surface area contributed by atoms with Crippen LogP contribution in [-0.2, 0) is 21.2 Å². The van der Waals surface area contributed by atoms with Crippen LogP contribution in [0.3, 0.4) is 0 Å². The topological polar surface area (TPSA) is 78.5 Å². The molecule has 1 aliphatic heterocycles. The number of carbonyl (C=O) groups excluding carboxylic acids is 1. The number of aryl methyl sites for hydroxylation is 1. The summed E-state index contributed by atoms with van der Waals surface area (Å²) in [6.07, 6.45) is 7.09. The quantitative estimate of drug-likeness (QED) is 0.603. The Labute approximate surface area is 174 Å². The third-order valence-corrected chi connectivity index (χ3v) is 7.02. The summed E-state index contributed by atoms with van der Waals surface area (Å²) in [6.45, 7) is 7.25. The van der Waals surface area contributed by atoms with Gasteiger partial charge in [-0.25, -0.2) is 13.1 Å². The van der Waals surface area contributed by atoms with Crippen molar-refractivity contribution in [3.63, 3.8) is 0 Å². The number of nitrogens with zero attached hydrogens (tertiary/aromatic N) is 1. The SMILES string of the molecule is CC(C)=CCN1CCC(NC(=O)CCc2ccc(S(=O)(=O)NC3CC3)cc2)CC1. The summed E-state index contributed by atoms with van der Waals surface area (Å²) in [4.78, 5) is 15.0. The molecular weight excluding hydrogens is 386 g/mol. The molecule has 2 aliphatic rings. The van der Waals surface area contributed by atoms with Gasteiger partial charge in [-0.1, -0.05) is 23.8 Å². The second-order valence-corrected chi connectivity index (χ2v) is 10.2. The van der Waals surface area contributed by atoms with Crippen molar-refractivity contribution < 1.29 is 13.2 Å². The van der Waals surface area contributed by atoms with Gasteiger partial charge in [0.25, 0.3) is 0 Å². The maximum atomic E-state index is 12.3. The zero-order valence-electron chi connectivity index (χ0n) is 17.5. The molecule has 0 aromatic heterocycles. The Morgan fingerprint density at radius 2 is 1.72 bits per heavy atom. The van der Waals surface area contributed by atoms with Crippen molar-refractivity contribution in [3.05, 3.63) is 41.5 Å². The summed E-state index contributed by atoms with van der Waals surface area (Å²) in [6, 6.07) is 7.21. The first-order chi connectivity index (χ1) is 13.8. The second-order valence-electron chi connectivity index (χ2n) is 8.46. The molecule has 0 radical (unpaired) electrons. The summed E-state index contributed by atoms with van der Waals surface area (Å²) in [7, 11) is -3.41. The minimum Gasteiger partial charge on any atom is -0.353 e. The van der Waals surface area contributed by atoms with Crippen LogP contribution in [-0.4, -0.2) is 50.9 Å². The van der Waals surface area contributed by atoms with E-state index in [1.165, 1.54) is 5.57 Å². The van der Waals surface area contributed by atoms with Gasteiger partial charge in [0, 0.05) is 38.1 Å². The highest BCUT2D eigenvalue weighted by molar-refractivity contribution is 7.89. The molecule has 7 heteroatoms. The molecule has 0 spiro atoms. The zero-order chi connectivity index (χ0) is 20.9. The molecule has 0 bridgehead atoms. The lowest BCUT2D eigenvalue weighted by Crippen LogP contribution is -2.44. The van der Waals surface area contributed by atoms with Crippen molar-refractivity contribution in [2.75, 3.05) is 19.6 Å². The normalized spacial score (nSPS) is 18.4. The first-order valence-electron chi connectivity index (χ1n) is 10.6. The van der Waals surface area contributed by atoms with E-state index in [-0.39, 0.29) is 22.9 Å². The molecule has 1 saturated carbocycles. The first-order valence-corrected chi connectivity index (χ1v) is 12.1. The van der Waals surface area contributed by atoms with Gasteiger partial charge in [-0.05, 0) is 63.6 Å². The van der Waals surface area contributed by atoms with Gasteiger partial charge >= 0.3 is 0 Å². The largest absolute Gasteiger partial charge is 0.353 e.